The standard InChI is InChI=1S/C13H11ClN2O3S/c1-6-4-3-5-8(10(6)14)11(17)15-12-9(13(18)19)7(2)16-20-12/h3-5H,1-2H3,(H,15,17)(H,18,19). The molecule has 1 aromatic heterocycles. The van der Waals surface area contributed by atoms with Crippen molar-refractivity contribution < 1.29 is 14.7 Å². The first-order valence-electron chi connectivity index (χ1n) is 5.68. The fraction of sp³-hybridized carbons (Fsp3) is 0.154. The van der Waals surface area contributed by atoms with Crippen LogP contribution in [0.3, 0.4) is 0 Å². The third-order valence-electron chi connectivity index (χ3n) is 2.74. The Morgan fingerprint density at radius 1 is 1.35 bits per heavy atom. The van der Waals surface area contributed by atoms with Crippen LogP contribution in [0.5, 0.6) is 0 Å². The number of aromatic nitrogens is 1. The van der Waals surface area contributed by atoms with Crippen LogP contribution in [-0.4, -0.2) is 21.4 Å². The summed E-state index contributed by atoms with van der Waals surface area (Å²) in [5, 5.41) is 12.2. The molecule has 2 aromatic rings. The molecule has 1 amide bonds. The molecule has 104 valence electrons. The Bertz CT molecular complexity index is 697. The van der Waals surface area contributed by atoms with Gasteiger partial charge in [0.15, 0.2) is 0 Å². The van der Waals surface area contributed by atoms with Gasteiger partial charge < -0.3 is 10.4 Å². The molecule has 0 aliphatic carbocycles. The topological polar surface area (TPSA) is 79.3 Å². The van der Waals surface area contributed by atoms with Gasteiger partial charge >= 0.3 is 5.97 Å². The lowest BCUT2D eigenvalue weighted by Gasteiger charge is -2.07. The zero-order chi connectivity index (χ0) is 14.9. The van der Waals surface area contributed by atoms with Crippen LogP contribution in [0.4, 0.5) is 5.00 Å². The van der Waals surface area contributed by atoms with Crippen molar-refractivity contribution >= 4 is 40.0 Å². The smallest absolute Gasteiger partial charge is 0.340 e. The monoisotopic (exact) mass is 310 g/mol. The maximum absolute atomic E-state index is 12.2. The molecule has 0 fully saturated rings. The number of nitrogens with one attached hydrogen (secondary N) is 1. The average Bonchev–Trinajstić information content (AvgIpc) is 2.73. The van der Waals surface area contributed by atoms with E-state index in [1.807, 2.05) is 0 Å². The molecule has 0 aliphatic heterocycles. The van der Waals surface area contributed by atoms with E-state index in [0.29, 0.717) is 16.3 Å². The largest absolute Gasteiger partial charge is 0.478 e. The maximum atomic E-state index is 12.2. The van der Waals surface area contributed by atoms with Crippen molar-refractivity contribution in [3.05, 3.63) is 45.6 Å². The van der Waals surface area contributed by atoms with Gasteiger partial charge in [0.1, 0.15) is 10.6 Å². The van der Waals surface area contributed by atoms with Crippen molar-refractivity contribution in [1.82, 2.24) is 4.37 Å². The number of nitrogens with zero attached hydrogens (tertiary/aromatic N) is 1. The third kappa shape index (κ3) is 2.66. The minimum absolute atomic E-state index is 0.00660. The van der Waals surface area contributed by atoms with Gasteiger partial charge in [-0.2, -0.15) is 4.37 Å². The van der Waals surface area contributed by atoms with Crippen molar-refractivity contribution in [3.8, 4) is 0 Å². The molecule has 0 spiro atoms. The van der Waals surface area contributed by atoms with Gasteiger partial charge in [-0.15, -0.1) is 0 Å². The van der Waals surface area contributed by atoms with E-state index in [1.165, 1.54) is 0 Å². The number of carbonyl (C=O) groups excluding carboxylic acids is 1. The summed E-state index contributed by atoms with van der Waals surface area (Å²) in [5.41, 5.74) is 1.45. The Balaban J connectivity index is 2.33. The molecule has 0 bridgehead atoms. The minimum Gasteiger partial charge on any atom is -0.478 e. The fourth-order valence-corrected chi connectivity index (χ4v) is 2.70. The maximum Gasteiger partial charge on any atom is 0.340 e. The summed E-state index contributed by atoms with van der Waals surface area (Å²) in [5.74, 6) is -1.58. The van der Waals surface area contributed by atoms with Gasteiger partial charge in [-0.3, -0.25) is 4.79 Å². The Morgan fingerprint density at radius 3 is 2.70 bits per heavy atom. The number of amides is 1. The summed E-state index contributed by atoms with van der Waals surface area (Å²) in [6, 6.07) is 5.09. The zero-order valence-corrected chi connectivity index (χ0v) is 12.3. The summed E-state index contributed by atoms with van der Waals surface area (Å²) in [4.78, 5) is 23.3. The molecule has 1 heterocycles. The number of carbonyl (C=O) groups is 2. The van der Waals surface area contributed by atoms with Crippen LogP contribution in [0, 0.1) is 13.8 Å². The van der Waals surface area contributed by atoms with Gasteiger partial charge in [-0.25, -0.2) is 4.79 Å². The Morgan fingerprint density at radius 2 is 2.05 bits per heavy atom. The number of halogens is 1. The molecule has 7 heteroatoms. The van der Waals surface area contributed by atoms with Gasteiger partial charge in [-0.05, 0) is 37.0 Å². The van der Waals surface area contributed by atoms with Crippen LogP contribution in [0.15, 0.2) is 18.2 Å². The summed E-state index contributed by atoms with van der Waals surface area (Å²) in [6.07, 6.45) is 0. The van der Waals surface area contributed by atoms with E-state index in [4.69, 9.17) is 16.7 Å². The Labute approximate surface area is 124 Å². The Hall–Kier alpha value is -1.92. The number of anilines is 1. The highest BCUT2D eigenvalue weighted by atomic mass is 35.5. The molecule has 1 aromatic carbocycles. The SMILES string of the molecule is Cc1cccc(C(=O)Nc2snc(C)c2C(=O)O)c1Cl. The van der Waals surface area contributed by atoms with E-state index in [-0.39, 0.29) is 10.6 Å². The van der Waals surface area contributed by atoms with Gasteiger partial charge in [0, 0.05) is 0 Å². The van der Waals surface area contributed by atoms with Gasteiger partial charge in [0.25, 0.3) is 5.91 Å². The highest BCUT2D eigenvalue weighted by molar-refractivity contribution is 7.11. The molecule has 0 aliphatic rings. The van der Waals surface area contributed by atoms with Crippen molar-refractivity contribution in [2.24, 2.45) is 0 Å². The normalized spacial score (nSPS) is 10.3. The second-order valence-electron chi connectivity index (χ2n) is 4.17. The second kappa shape index (κ2) is 5.60. The molecule has 5 nitrogen and oxygen atoms in total. The lowest BCUT2D eigenvalue weighted by molar-refractivity contribution is 0.0697. The first kappa shape index (κ1) is 14.5. The summed E-state index contributed by atoms with van der Waals surface area (Å²) < 4.78 is 3.94. The second-order valence-corrected chi connectivity index (χ2v) is 5.32. The predicted molar refractivity (Wildman–Crippen MR) is 78.0 cm³/mol. The predicted octanol–water partition coefficient (Wildman–Crippen LogP) is 3.36. The van der Waals surface area contributed by atoms with E-state index in [1.54, 1.807) is 32.0 Å². The lowest BCUT2D eigenvalue weighted by atomic mass is 10.1. The van der Waals surface area contributed by atoms with Crippen molar-refractivity contribution in [2.75, 3.05) is 5.32 Å². The summed E-state index contributed by atoms with van der Waals surface area (Å²) in [7, 11) is 0. The number of carboxylic acids is 1. The molecule has 2 rings (SSSR count). The highest BCUT2D eigenvalue weighted by Crippen LogP contribution is 2.27. The van der Waals surface area contributed by atoms with Gasteiger partial charge in [-0.1, -0.05) is 23.7 Å². The van der Waals surface area contributed by atoms with E-state index in [9.17, 15) is 9.59 Å². The van der Waals surface area contributed by atoms with Crippen LogP contribution < -0.4 is 5.32 Å². The van der Waals surface area contributed by atoms with Crippen molar-refractivity contribution in [1.29, 1.82) is 0 Å². The lowest BCUT2D eigenvalue weighted by Crippen LogP contribution is -2.14. The van der Waals surface area contributed by atoms with Crippen LogP contribution in [0.2, 0.25) is 5.02 Å². The van der Waals surface area contributed by atoms with E-state index in [2.05, 4.69) is 9.69 Å². The first-order chi connectivity index (χ1) is 9.41. The minimum atomic E-state index is -1.12. The third-order valence-corrected chi connectivity index (χ3v) is 4.10. The number of carboxylic acid groups (broad SMARTS) is 1. The number of rotatable bonds is 3. The van der Waals surface area contributed by atoms with Crippen LogP contribution in [0.25, 0.3) is 0 Å². The van der Waals surface area contributed by atoms with Crippen LogP contribution in [-0.2, 0) is 0 Å². The average molecular weight is 311 g/mol. The molecule has 2 N–H and O–H groups in total. The summed E-state index contributed by atoms with van der Waals surface area (Å²) in [6.45, 7) is 3.37. The molecule has 0 saturated heterocycles. The molecule has 0 saturated carbocycles. The first-order valence-corrected chi connectivity index (χ1v) is 6.83. The molecule has 0 unspecified atom stereocenters. The molecular formula is C13H11ClN2O3S. The van der Waals surface area contributed by atoms with Crippen molar-refractivity contribution in [3.63, 3.8) is 0 Å². The van der Waals surface area contributed by atoms with Crippen molar-refractivity contribution in [2.45, 2.75) is 13.8 Å². The number of benzene rings is 1. The molecular weight excluding hydrogens is 300 g/mol. The van der Waals surface area contributed by atoms with E-state index >= 15 is 0 Å². The van der Waals surface area contributed by atoms with Crippen LogP contribution >= 0.6 is 23.1 Å². The molecule has 0 radical (unpaired) electrons. The molecule has 0 atom stereocenters. The van der Waals surface area contributed by atoms with Gasteiger partial charge in [0.05, 0.1) is 16.3 Å². The molecule has 20 heavy (non-hydrogen) atoms. The summed E-state index contributed by atoms with van der Waals surface area (Å²) >= 11 is 7.00. The van der Waals surface area contributed by atoms with Crippen LogP contribution in [0.1, 0.15) is 32.0 Å². The number of hydrogen-bond donors (Lipinski definition) is 2. The highest BCUT2D eigenvalue weighted by Gasteiger charge is 2.20. The van der Waals surface area contributed by atoms with Gasteiger partial charge in [0.2, 0.25) is 0 Å². The quantitative estimate of drug-likeness (QED) is 0.911. The zero-order valence-electron chi connectivity index (χ0n) is 10.7. The number of aryl methyl sites for hydroxylation is 2. The number of hydrogen-bond acceptors (Lipinski definition) is 4. The van der Waals surface area contributed by atoms with E-state index in [0.717, 1.165) is 17.1 Å². The Kier molecular flexibility index (Phi) is 4.06. The number of aromatic carboxylic acids is 1. The van der Waals surface area contributed by atoms with E-state index < -0.39 is 11.9 Å². The fourth-order valence-electron chi connectivity index (χ4n) is 1.70.